The second kappa shape index (κ2) is 6.96. The van der Waals surface area contributed by atoms with Gasteiger partial charge in [-0.3, -0.25) is 20.4 Å². The lowest BCUT2D eigenvalue weighted by molar-refractivity contribution is -0.117. The van der Waals surface area contributed by atoms with Crippen molar-refractivity contribution in [3.8, 4) is 5.69 Å². The van der Waals surface area contributed by atoms with Crippen LogP contribution >= 0.6 is 0 Å². The van der Waals surface area contributed by atoms with E-state index in [9.17, 15) is 9.59 Å². The molecule has 0 aliphatic heterocycles. The first-order valence-corrected chi connectivity index (χ1v) is 7.39. The highest BCUT2D eigenvalue weighted by molar-refractivity contribution is 5.98. The second-order valence-electron chi connectivity index (χ2n) is 5.62. The van der Waals surface area contributed by atoms with E-state index < -0.39 is 0 Å². The molecule has 2 amide bonds. The largest absolute Gasteiger partial charge is 0.318 e. The average Bonchev–Trinajstić information content (AvgIpc) is 2.80. The van der Waals surface area contributed by atoms with Crippen LogP contribution < -0.4 is 10.9 Å². The topological polar surface area (TPSA) is 63.1 Å². The molecule has 0 aliphatic rings. The van der Waals surface area contributed by atoms with E-state index in [4.69, 9.17) is 0 Å². The molecule has 120 valence electrons. The van der Waals surface area contributed by atoms with Crippen molar-refractivity contribution in [3.63, 3.8) is 0 Å². The Bertz CT molecular complexity index is 754. The number of nitrogens with one attached hydrogen (secondary N) is 2. The summed E-state index contributed by atoms with van der Waals surface area (Å²) in [5, 5.41) is 0. The van der Waals surface area contributed by atoms with Gasteiger partial charge in [0.1, 0.15) is 0 Å². The third-order valence-electron chi connectivity index (χ3n) is 3.41. The number of allylic oxidation sites excluding steroid dienone is 1. The molecule has 5 heteroatoms. The van der Waals surface area contributed by atoms with Crippen LogP contribution in [0.3, 0.4) is 0 Å². The number of aromatic nitrogens is 1. The number of hydrazine groups is 1. The minimum Gasteiger partial charge on any atom is -0.318 e. The van der Waals surface area contributed by atoms with Crippen LogP contribution in [0.1, 0.15) is 35.6 Å². The van der Waals surface area contributed by atoms with Gasteiger partial charge < -0.3 is 4.57 Å². The van der Waals surface area contributed by atoms with Crippen LogP contribution in [-0.2, 0) is 4.79 Å². The van der Waals surface area contributed by atoms with Crippen molar-refractivity contribution < 1.29 is 9.59 Å². The Hall–Kier alpha value is -2.82. The number of aryl methyl sites for hydroxylation is 1. The molecule has 0 saturated heterocycles. The normalized spacial score (nSPS) is 10.1. The van der Waals surface area contributed by atoms with E-state index in [1.54, 1.807) is 0 Å². The standard InChI is InChI=1S/C18H21N3O2/c1-12(2)10-17(22)19-20-18(23)16-11-13(3)21(14(16)4)15-8-6-5-7-9-15/h5-11H,1-4H3,(H,19,22)(H,20,23). The van der Waals surface area contributed by atoms with Crippen molar-refractivity contribution in [2.45, 2.75) is 27.7 Å². The van der Waals surface area contributed by atoms with Crippen LogP contribution in [0.4, 0.5) is 0 Å². The predicted octanol–water partition coefficient (Wildman–Crippen LogP) is 2.82. The lowest BCUT2D eigenvalue weighted by Crippen LogP contribution is -2.41. The van der Waals surface area contributed by atoms with Gasteiger partial charge in [-0.2, -0.15) is 0 Å². The summed E-state index contributed by atoms with van der Waals surface area (Å²) in [5.41, 5.74) is 8.99. The number of benzene rings is 1. The Balaban J connectivity index is 2.20. The molecule has 0 unspecified atom stereocenters. The number of hydrogen-bond donors (Lipinski definition) is 2. The molecule has 0 atom stereocenters. The molecule has 0 fully saturated rings. The SMILES string of the molecule is CC(C)=CC(=O)NNC(=O)c1cc(C)n(-c2ccccc2)c1C. The zero-order valence-electron chi connectivity index (χ0n) is 13.8. The van der Waals surface area contributed by atoms with Gasteiger partial charge in [-0.05, 0) is 45.9 Å². The number of para-hydroxylation sites is 1. The Morgan fingerprint density at radius 2 is 1.70 bits per heavy atom. The summed E-state index contributed by atoms with van der Waals surface area (Å²) in [6, 6.07) is 11.6. The second-order valence-corrected chi connectivity index (χ2v) is 5.62. The smallest absolute Gasteiger partial charge is 0.271 e. The number of carbonyl (C=O) groups is 2. The number of hydrogen-bond acceptors (Lipinski definition) is 2. The minimum atomic E-state index is -0.352. The molecule has 0 aliphatic carbocycles. The van der Waals surface area contributed by atoms with Gasteiger partial charge in [0.05, 0.1) is 5.56 Å². The monoisotopic (exact) mass is 311 g/mol. The molecule has 2 N–H and O–H groups in total. The van der Waals surface area contributed by atoms with Crippen molar-refractivity contribution in [3.05, 3.63) is 65.0 Å². The van der Waals surface area contributed by atoms with Gasteiger partial charge >= 0.3 is 0 Å². The maximum absolute atomic E-state index is 12.3. The molecule has 0 saturated carbocycles. The van der Waals surface area contributed by atoms with Crippen LogP contribution in [0.5, 0.6) is 0 Å². The van der Waals surface area contributed by atoms with Gasteiger partial charge in [0.25, 0.3) is 11.8 Å². The number of nitrogens with zero attached hydrogens (tertiary/aromatic N) is 1. The first-order chi connectivity index (χ1) is 10.9. The predicted molar refractivity (Wildman–Crippen MR) is 90.3 cm³/mol. The van der Waals surface area contributed by atoms with E-state index in [-0.39, 0.29) is 11.8 Å². The highest BCUT2D eigenvalue weighted by Gasteiger charge is 2.16. The lowest BCUT2D eigenvalue weighted by atomic mass is 10.2. The van der Waals surface area contributed by atoms with Crippen LogP contribution in [0.15, 0.2) is 48.0 Å². The van der Waals surface area contributed by atoms with Crippen LogP contribution in [0.2, 0.25) is 0 Å². The van der Waals surface area contributed by atoms with Crippen LogP contribution in [0.25, 0.3) is 5.69 Å². The van der Waals surface area contributed by atoms with E-state index in [2.05, 4.69) is 10.9 Å². The minimum absolute atomic E-state index is 0.337. The molecular weight excluding hydrogens is 290 g/mol. The Kier molecular flexibility index (Phi) is 5.01. The van der Waals surface area contributed by atoms with Gasteiger partial charge in [0.15, 0.2) is 0 Å². The molecule has 0 spiro atoms. The van der Waals surface area contributed by atoms with E-state index >= 15 is 0 Å². The first kappa shape index (κ1) is 16.5. The summed E-state index contributed by atoms with van der Waals surface area (Å²) in [5.74, 6) is -0.689. The van der Waals surface area contributed by atoms with Crippen LogP contribution in [-0.4, -0.2) is 16.4 Å². The van der Waals surface area contributed by atoms with E-state index in [0.29, 0.717) is 5.56 Å². The van der Waals surface area contributed by atoms with E-state index in [1.807, 2.05) is 68.7 Å². The molecule has 5 nitrogen and oxygen atoms in total. The van der Waals surface area contributed by atoms with Crippen molar-refractivity contribution in [1.29, 1.82) is 0 Å². The first-order valence-electron chi connectivity index (χ1n) is 7.39. The Labute approximate surface area is 136 Å². The fourth-order valence-electron chi connectivity index (χ4n) is 2.45. The molecular formula is C18H21N3O2. The van der Waals surface area contributed by atoms with Crippen molar-refractivity contribution >= 4 is 11.8 Å². The van der Waals surface area contributed by atoms with Crippen molar-refractivity contribution in [2.24, 2.45) is 0 Å². The fourth-order valence-corrected chi connectivity index (χ4v) is 2.45. The molecule has 0 radical (unpaired) electrons. The number of carbonyl (C=O) groups excluding carboxylic acids is 2. The Morgan fingerprint density at radius 1 is 1.04 bits per heavy atom. The summed E-state index contributed by atoms with van der Waals surface area (Å²) in [4.78, 5) is 23.9. The molecule has 2 aromatic rings. The quantitative estimate of drug-likeness (QED) is 0.676. The number of amides is 2. The molecule has 0 bridgehead atoms. The third-order valence-corrected chi connectivity index (χ3v) is 3.41. The third kappa shape index (κ3) is 3.88. The Morgan fingerprint density at radius 3 is 2.30 bits per heavy atom. The van der Waals surface area contributed by atoms with Gasteiger partial charge in [-0.1, -0.05) is 23.8 Å². The highest BCUT2D eigenvalue weighted by atomic mass is 16.2. The maximum Gasteiger partial charge on any atom is 0.271 e. The van der Waals surface area contributed by atoms with Gasteiger partial charge in [-0.15, -0.1) is 0 Å². The summed E-state index contributed by atoms with van der Waals surface area (Å²) >= 11 is 0. The number of rotatable bonds is 3. The van der Waals surface area contributed by atoms with Crippen molar-refractivity contribution in [1.82, 2.24) is 15.4 Å². The maximum atomic E-state index is 12.3. The molecule has 1 aromatic heterocycles. The summed E-state index contributed by atoms with van der Waals surface area (Å²) < 4.78 is 2.01. The van der Waals surface area contributed by atoms with Gasteiger partial charge in [-0.25, -0.2) is 0 Å². The summed E-state index contributed by atoms with van der Waals surface area (Å²) in [7, 11) is 0. The zero-order chi connectivity index (χ0) is 17.0. The van der Waals surface area contributed by atoms with E-state index in [1.165, 1.54) is 6.08 Å². The summed E-state index contributed by atoms with van der Waals surface area (Å²) in [6.45, 7) is 7.45. The van der Waals surface area contributed by atoms with Crippen LogP contribution in [0, 0.1) is 13.8 Å². The average molecular weight is 311 g/mol. The van der Waals surface area contributed by atoms with E-state index in [0.717, 1.165) is 22.6 Å². The lowest BCUT2D eigenvalue weighted by Gasteiger charge is -2.10. The highest BCUT2D eigenvalue weighted by Crippen LogP contribution is 2.20. The molecule has 2 rings (SSSR count). The fraction of sp³-hybridized carbons (Fsp3) is 0.222. The van der Waals surface area contributed by atoms with Gasteiger partial charge in [0, 0.05) is 23.2 Å². The van der Waals surface area contributed by atoms with Gasteiger partial charge in [0.2, 0.25) is 0 Å². The molecule has 1 aromatic carbocycles. The summed E-state index contributed by atoms with van der Waals surface area (Å²) in [6.07, 6.45) is 1.42. The molecule has 23 heavy (non-hydrogen) atoms. The molecule has 1 heterocycles. The zero-order valence-corrected chi connectivity index (χ0v) is 13.8. The van der Waals surface area contributed by atoms with Crippen molar-refractivity contribution in [2.75, 3.05) is 0 Å².